The van der Waals surface area contributed by atoms with Crippen LogP contribution in [0.4, 0.5) is 0 Å². The maximum absolute atomic E-state index is 13.4. The van der Waals surface area contributed by atoms with E-state index in [-0.39, 0.29) is 18.9 Å². The number of benzene rings is 3. The zero-order valence-electron chi connectivity index (χ0n) is 17.1. The van der Waals surface area contributed by atoms with Crippen LogP contribution in [0.1, 0.15) is 23.1 Å². The summed E-state index contributed by atoms with van der Waals surface area (Å²) in [6.07, 6.45) is 0.205. The highest BCUT2D eigenvalue weighted by Crippen LogP contribution is 2.50. The largest absolute Gasteiger partial charge is 0.361 e. The third-order valence-corrected chi connectivity index (χ3v) is 6.73. The lowest BCUT2D eigenvalue weighted by Crippen LogP contribution is -2.52. The number of aliphatic hydroxyl groups is 1. The van der Waals surface area contributed by atoms with Gasteiger partial charge in [-0.05, 0) is 41.0 Å². The van der Waals surface area contributed by atoms with Crippen molar-refractivity contribution in [1.29, 1.82) is 0 Å². The second-order valence-electron chi connectivity index (χ2n) is 8.29. The molecule has 2 saturated heterocycles. The Kier molecular flexibility index (Phi) is 5.48. The summed E-state index contributed by atoms with van der Waals surface area (Å²) in [5.41, 5.74) is 1.40. The Labute approximate surface area is 196 Å². The number of hydrogen-bond acceptors (Lipinski definition) is 4. The van der Waals surface area contributed by atoms with Gasteiger partial charge < -0.3 is 10.0 Å². The molecule has 2 heterocycles. The molecular formula is C25H21Cl2NO4. The van der Waals surface area contributed by atoms with E-state index in [1.54, 1.807) is 29.2 Å². The second-order valence-corrected chi connectivity index (χ2v) is 9.16. The third-order valence-electron chi connectivity index (χ3n) is 6.23. The van der Waals surface area contributed by atoms with Crippen molar-refractivity contribution in [3.63, 3.8) is 0 Å². The molecule has 0 aromatic heterocycles. The van der Waals surface area contributed by atoms with Gasteiger partial charge in [-0.2, -0.15) is 4.89 Å². The molecule has 0 spiro atoms. The molecular weight excluding hydrogens is 449 g/mol. The van der Waals surface area contributed by atoms with Crippen molar-refractivity contribution in [1.82, 2.24) is 4.90 Å². The van der Waals surface area contributed by atoms with Crippen LogP contribution in [0.2, 0.25) is 10.0 Å². The number of likely N-dealkylation sites (tertiary alicyclic amines) is 1. The Morgan fingerprint density at radius 1 is 0.875 bits per heavy atom. The monoisotopic (exact) mass is 469 g/mol. The third kappa shape index (κ3) is 3.70. The van der Waals surface area contributed by atoms with Gasteiger partial charge in [-0.25, -0.2) is 4.89 Å². The molecule has 0 radical (unpaired) electrons. The maximum Gasteiger partial charge on any atom is 0.231 e. The van der Waals surface area contributed by atoms with Crippen LogP contribution in [0, 0.1) is 5.92 Å². The van der Waals surface area contributed by atoms with Crippen molar-refractivity contribution < 1.29 is 19.7 Å². The number of amides is 1. The molecule has 7 heteroatoms. The summed E-state index contributed by atoms with van der Waals surface area (Å²) in [7, 11) is 0. The van der Waals surface area contributed by atoms with Crippen LogP contribution in [-0.4, -0.2) is 28.2 Å². The minimum absolute atomic E-state index is 0.0305. The molecule has 2 fully saturated rings. The molecule has 1 unspecified atom stereocenters. The SMILES string of the molecule is O=C1C2CC(c3ccc(Cl)cc3)(c3ccc(Cl)cc3)OO[C@@]2(O)CN1Cc1ccccc1. The Balaban J connectivity index is 1.52. The van der Waals surface area contributed by atoms with Gasteiger partial charge in [0.2, 0.25) is 11.7 Å². The molecule has 32 heavy (non-hydrogen) atoms. The number of carbonyl (C=O) groups excluding carboxylic acids is 1. The molecule has 5 rings (SSSR count). The Bertz CT molecular complexity index is 1080. The van der Waals surface area contributed by atoms with Gasteiger partial charge in [-0.15, -0.1) is 0 Å². The topological polar surface area (TPSA) is 59.0 Å². The smallest absolute Gasteiger partial charge is 0.231 e. The first-order valence-corrected chi connectivity index (χ1v) is 11.1. The molecule has 0 bridgehead atoms. The van der Waals surface area contributed by atoms with Crippen LogP contribution in [-0.2, 0) is 26.7 Å². The average Bonchev–Trinajstić information content (AvgIpc) is 3.04. The van der Waals surface area contributed by atoms with Gasteiger partial charge in [-0.3, -0.25) is 4.79 Å². The summed E-state index contributed by atoms with van der Waals surface area (Å²) in [6, 6.07) is 24.1. The predicted octanol–water partition coefficient (Wildman–Crippen LogP) is 4.94. The fourth-order valence-electron chi connectivity index (χ4n) is 4.55. The van der Waals surface area contributed by atoms with E-state index in [4.69, 9.17) is 33.0 Å². The van der Waals surface area contributed by atoms with E-state index in [0.29, 0.717) is 16.6 Å². The Morgan fingerprint density at radius 3 is 2.00 bits per heavy atom. The molecule has 3 aromatic rings. The normalized spacial score (nSPS) is 24.4. The first-order chi connectivity index (χ1) is 15.4. The number of halogens is 2. The highest BCUT2D eigenvalue weighted by atomic mass is 35.5. The summed E-state index contributed by atoms with van der Waals surface area (Å²) in [5.74, 6) is -2.70. The minimum Gasteiger partial charge on any atom is -0.361 e. The lowest BCUT2D eigenvalue weighted by atomic mass is 9.76. The highest BCUT2D eigenvalue weighted by Gasteiger charge is 2.61. The van der Waals surface area contributed by atoms with Gasteiger partial charge in [0.1, 0.15) is 5.92 Å². The molecule has 2 aliphatic heterocycles. The van der Waals surface area contributed by atoms with E-state index in [1.165, 1.54) is 0 Å². The number of rotatable bonds is 4. The minimum atomic E-state index is -1.73. The Hall–Kier alpha value is -2.41. The second kappa shape index (κ2) is 8.18. The number of hydrogen-bond donors (Lipinski definition) is 1. The van der Waals surface area contributed by atoms with Gasteiger partial charge in [-0.1, -0.05) is 77.8 Å². The number of carbonyl (C=O) groups is 1. The lowest BCUT2D eigenvalue weighted by molar-refractivity contribution is -0.487. The maximum atomic E-state index is 13.4. The molecule has 1 amide bonds. The first kappa shape index (κ1) is 21.4. The summed E-state index contributed by atoms with van der Waals surface area (Å²) in [4.78, 5) is 26.6. The van der Waals surface area contributed by atoms with Crippen molar-refractivity contribution >= 4 is 29.1 Å². The molecule has 2 aliphatic rings. The van der Waals surface area contributed by atoms with Crippen molar-refractivity contribution in [3.8, 4) is 0 Å². The van der Waals surface area contributed by atoms with Gasteiger partial charge >= 0.3 is 0 Å². The van der Waals surface area contributed by atoms with Crippen LogP contribution in [0.15, 0.2) is 78.9 Å². The van der Waals surface area contributed by atoms with Crippen molar-refractivity contribution in [3.05, 3.63) is 106 Å². The highest BCUT2D eigenvalue weighted by molar-refractivity contribution is 6.30. The van der Waals surface area contributed by atoms with Gasteiger partial charge in [0.05, 0.1) is 6.54 Å². The van der Waals surface area contributed by atoms with Crippen LogP contribution in [0.3, 0.4) is 0 Å². The molecule has 0 aliphatic carbocycles. The van der Waals surface area contributed by atoms with Gasteiger partial charge in [0.15, 0.2) is 5.60 Å². The van der Waals surface area contributed by atoms with E-state index in [2.05, 4.69) is 0 Å². The van der Waals surface area contributed by atoms with Crippen LogP contribution in [0.5, 0.6) is 0 Å². The average molecular weight is 470 g/mol. The summed E-state index contributed by atoms with van der Waals surface area (Å²) < 4.78 is 0. The van der Waals surface area contributed by atoms with Gasteiger partial charge in [0, 0.05) is 23.0 Å². The molecule has 5 nitrogen and oxygen atoms in total. The lowest BCUT2D eigenvalue weighted by Gasteiger charge is -2.43. The van der Waals surface area contributed by atoms with E-state index in [1.807, 2.05) is 54.6 Å². The number of fused-ring (bicyclic) bond motifs is 1. The van der Waals surface area contributed by atoms with Crippen LogP contribution in [0.25, 0.3) is 0 Å². The molecule has 0 saturated carbocycles. The van der Waals surface area contributed by atoms with E-state index in [9.17, 15) is 9.90 Å². The summed E-state index contributed by atoms with van der Waals surface area (Å²) in [5, 5.41) is 12.4. The first-order valence-electron chi connectivity index (χ1n) is 10.3. The van der Waals surface area contributed by atoms with Crippen molar-refractivity contribution in [2.75, 3.05) is 6.54 Å². The molecule has 2 atom stereocenters. The Morgan fingerprint density at radius 2 is 1.44 bits per heavy atom. The zero-order chi connectivity index (χ0) is 22.3. The van der Waals surface area contributed by atoms with Crippen LogP contribution >= 0.6 is 23.2 Å². The van der Waals surface area contributed by atoms with Gasteiger partial charge in [0.25, 0.3) is 0 Å². The fraction of sp³-hybridized carbons (Fsp3) is 0.240. The van der Waals surface area contributed by atoms with Crippen molar-refractivity contribution in [2.24, 2.45) is 5.92 Å². The zero-order valence-corrected chi connectivity index (χ0v) is 18.6. The summed E-state index contributed by atoms with van der Waals surface area (Å²) >= 11 is 12.2. The number of β-amino-alcohol motifs (C(OH)–C–C–N with tert-alkyl or cyclic N) is 1. The standard InChI is InChI=1S/C25H21Cl2NO4/c26-20-10-6-18(7-11-20)24(19-8-12-21(27)13-9-19)14-22-23(29)28(16-25(22,30)32-31-24)15-17-4-2-1-3-5-17/h1-13,22,30H,14-16H2/t22?,25-/m0/s1. The van der Waals surface area contributed by atoms with E-state index >= 15 is 0 Å². The molecule has 3 aromatic carbocycles. The van der Waals surface area contributed by atoms with E-state index < -0.39 is 17.3 Å². The fourth-order valence-corrected chi connectivity index (χ4v) is 4.80. The molecule has 1 N–H and O–H groups in total. The predicted molar refractivity (Wildman–Crippen MR) is 121 cm³/mol. The quantitative estimate of drug-likeness (QED) is 0.549. The van der Waals surface area contributed by atoms with Crippen LogP contribution < -0.4 is 0 Å². The number of nitrogens with zero attached hydrogens (tertiary/aromatic N) is 1. The van der Waals surface area contributed by atoms with E-state index in [0.717, 1.165) is 16.7 Å². The van der Waals surface area contributed by atoms with Crippen molar-refractivity contribution in [2.45, 2.75) is 24.4 Å². The molecule has 164 valence electrons. The summed E-state index contributed by atoms with van der Waals surface area (Å²) in [6.45, 7) is 0.416.